The molecular weight excluding hydrogens is 226 g/mol. The van der Waals surface area contributed by atoms with Crippen LogP contribution in [0.1, 0.15) is 19.4 Å². The van der Waals surface area contributed by atoms with Crippen LogP contribution in [0.4, 0.5) is 5.69 Å². The number of benzene rings is 1. The van der Waals surface area contributed by atoms with Gasteiger partial charge in [0.1, 0.15) is 0 Å². The smallest absolute Gasteiger partial charge is 0.172 e. The van der Waals surface area contributed by atoms with Crippen molar-refractivity contribution in [1.82, 2.24) is 0 Å². The molecule has 0 heterocycles. The van der Waals surface area contributed by atoms with E-state index in [1.165, 1.54) is 0 Å². The number of rotatable bonds is 3. The lowest BCUT2D eigenvalue weighted by atomic mass is 10.1. The summed E-state index contributed by atoms with van der Waals surface area (Å²) in [4.78, 5) is 2.01. The molecule has 0 aliphatic heterocycles. The molecule has 0 saturated carbocycles. The summed E-state index contributed by atoms with van der Waals surface area (Å²) in [5, 5.41) is 12.4. The Morgan fingerprint density at radius 1 is 1.50 bits per heavy atom. The van der Waals surface area contributed by atoms with Crippen LogP contribution in [0.25, 0.3) is 0 Å². The molecular formula is C11H16ClN3O. The molecule has 0 aromatic heterocycles. The van der Waals surface area contributed by atoms with Crippen LogP contribution in [0.3, 0.4) is 0 Å². The summed E-state index contributed by atoms with van der Waals surface area (Å²) >= 11 is 5.94. The van der Waals surface area contributed by atoms with Crippen LogP contribution in [-0.4, -0.2) is 24.1 Å². The van der Waals surface area contributed by atoms with Crippen molar-refractivity contribution in [2.45, 2.75) is 19.9 Å². The quantitative estimate of drug-likeness (QED) is 0.369. The number of anilines is 1. The summed E-state index contributed by atoms with van der Waals surface area (Å²) in [7, 11) is 1.94. The Hall–Kier alpha value is -1.42. The van der Waals surface area contributed by atoms with E-state index >= 15 is 0 Å². The predicted octanol–water partition coefficient (Wildman–Crippen LogP) is 2.28. The molecule has 16 heavy (non-hydrogen) atoms. The molecule has 0 aliphatic rings. The van der Waals surface area contributed by atoms with Crippen molar-refractivity contribution in [3.05, 3.63) is 28.8 Å². The highest BCUT2D eigenvalue weighted by Crippen LogP contribution is 2.25. The van der Waals surface area contributed by atoms with Gasteiger partial charge >= 0.3 is 0 Å². The van der Waals surface area contributed by atoms with Gasteiger partial charge in [-0.1, -0.05) is 16.8 Å². The van der Waals surface area contributed by atoms with Gasteiger partial charge in [0, 0.05) is 29.4 Å². The van der Waals surface area contributed by atoms with E-state index in [9.17, 15) is 0 Å². The highest BCUT2D eigenvalue weighted by Gasteiger charge is 2.13. The molecule has 0 radical (unpaired) electrons. The van der Waals surface area contributed by atoms with Crippen LogP contribution >= 0.6 is 11.6 Å². The first-order chi connectivity index (χ1) is 7.47. The molecule has 0 fully saturated rings. The van der Waals surface area contributed by atoms with Crippen molar-refractivity contribution in [3.8, 4) is 0 Å². The molecule has 0 atom stereocenters. The summed E-state index contributed by atoms with van der Waals surface area (Å²) in [6, 6.07) is 5.55. The Kier molecular flexibility index (Phi) is 4.01. The van der Waals surface area contributed by atoms with Crippen molar-refractivity contribution in [2.24, 2.45) is 10.9 Å². The number of nitrogens with zero attached hydrogens (tertiary/aromatic N) is 2. The summed E-state index contributed by atoms with van der Waals surface area (Å²) in [6.45, 7) is 4.11. The number of amidine groups is 1. The molecule has 1 rings (SSSR count). The number of nitrogens with two attached hydrogens (primary N) is 1. The Morgan fingerprint density at radius 2 is 2.12 bits per heavy atom. The van der Waals surface area contributed by atoms with Gasteiger partial charge in [0.25, 0.3) is 0 Å². The fraction of sp³-hybridized carbons (Fsp3) is 0.364. The zero-order valence-corrected chi connectivity index (χ0v) is 10.4. The molecule has 88 valence electrons. The highest BCUT2D eigenvalue weighted by atomic mass is 35.5. The summed E-state index contributed by atoms with van der Waals surface area (Å²) in [6.07, 6.45) is 0. The van der Waals surface area contributed by atoms with Crippen molar-refractivity contribution in [1.29, 1.82) is 0 Å². The third kappa shape index (κ3) is 2.58. The van der Waals surface area contributed by atoms with Gasteiger partial charge in [0.15, 0.2) is 5.84 Å². The maximum atomic E-state index is 8.71. The molecule has 0 bridgehead atoms. The van der Waals surface area contributed by atoms with E-state index in [2.05, 4.69) is 19.0 Å². The average Bonchev–Trinajstić information content (AvgIpc) is 2.26. The minimum absolute atomic E-state index is 0.0826. The second kappa shape index (κ2) is 5.07. The normalized spacial score (nSPS) is 11.9. The van der Waals surface area contributed by atoms with Crippen LogP contribution in [0, 0.1) is 0 Å². The largest absolute Gasteiger partial charge is 0.409 e. The minimum Gasteiger partial charge on any atom is -0.409 e. The van der Waals surface area contributed by atoms with E-state index in [0.717, 1.165) is 5.69 Å². The van der Waals surface area contributed by atoms with E-state index < -0.39 is 0 Å². The maximum Gasteiger partial charge on any atom is 0.172 e. The van der Waals surface area contributed by atoms with E-state index in [1.807, 2.05) is 11.9 Å². The molecule has 4 nitrogen and oxygen atoms in total. The van der Waals surface area contributed by atoms with Crippen LogP contribution in [-0.2, 0) is 0 Å². The zero-order valence-electron chi connectivity index (χ0n) is 9.61. The van der Waals surface area contributed by atoms with Crippen molar-refractivity contribution >= 4 is 23.1 Å². The molecule has 0 saturated heterocycles. The van der Waals surface area contributed by atoms with Gasteiger partial charge in [-0.2, -0.15) is 0 Å². The van der Waals surface area contributed by atoms with Crippen molar-refractivity contribution in [3.63, 3.8) is 0 Å². The molecule has 1 aromatic rings. The summed E-state index contributed by atoms with van der Waals surface area (Å²) in [5.41, 5.74) is 7.13. The monoisotopic (exact) mass is 241 g/mol. The first kappa shape index (κ1) is 12.6. The van der Waals surface area contributed by atoms with E-state index in [4.69, 9.17) is 22.5 Å². The molecule has 0 spiro atoms. The van der Waals surface area contributed by atoms with Gasteiger partial charge in [-0.3, -0.25) is 0 Å². The number of oxime groups is 1. The van der Waals surface area contributed by atoms with E-state index in [0.29, 0.717) is 16.6 Å². The average molecular weight is 242 g/mol. The lowest BCUT2D eigenvalue weighted by Gasteiger charge is -2.26. The molecule has 5 heteroatoms. The maximum absolute atomic E-state index is 8.71. The van der Waals surface area contributed by atoms with Gasteiger partial charge in [0.2, 0.25) is 0 Å². The summed E-state index contributed by atoms with van der Waals surface area (Å²) in [5.74, 6) is 0.0826. The van der Waals surface area contributed by atoms with Gasteiger partial charge in [-0.05, 0) is 32.0 Å². The Balaban J connectivity index is 3.29. The lowest BCUT2D eigenvalue weighted by Crippen LogP contribution is -2.28. The Labute approximate surface area is 100 Å². The van der Waals surface area contributed by atoms with Gasteiger partial charge in [-0.25, -0.2) is 0 Å². The molecule has 3 N–H and O–H groups in total. The third-order valence-electron chi connectivity index (χ3n) is 2.50. The standard InChI is InChI=1S/C11H16ClN3O/c1-7(2)15(3)10-6-8(12)4-5-9(10)11(13)14-16/h4-7,16H,1-3H3,(H2,13,14). The lowest BCUT2D eigenvalue weighted by molar-refractivity contribution is 0.318. The second-order valence-corrected chi connectivity index (χ2v) is 4.29. The minimum atomic E-state index is 0.0826. The third-order valence-corrected chi connectivity index (χ3v) is 2.73. The number of hydrogen-bond acceptors (Lipinski definition) is 3. The highest BCUT2D eigenvalue weighted by molar-refractivity contribution is 6.31. The Bertz CT molecular complexity index is 404. The molecule has 1 aromatic carbocycles. The van der Waals surface area contributed by atoms with Crippen molar-refractivity contribution in [2.75, 3.05) is 11.9 Å². The summed E-state index contributed by atoms with van der Waals surface area (Å²) < 4.78 is 0. The van der Waals surface area contributed by atoms with Gasteiger partial charge < -0.3 is 15.8 Å². The van der Waals surface area contributed by atoms with E-state index in [1.54, 1.807) is 18.2 Å². The van der Waals surface area contributed by atoms with Crippen LogP contribution < -0.4 is 10.6 Å². The number of halogens is 1. The Morgan fingerprint density at radius 3 is 2.62 bits per heavy atom. The van der Waals surface area contributed by atoms with Gasteiger partial charge in [-0.15, -0.1) is 0 Å². The fourth-order valence-corrected chi connectivity index (χ4v) is 1.51. The SMILES string of the molecule is CC(C)N(C)c1cc(Cl)ccc1C(N)=NO. The van der Waals surface area contributed by atoms with Crippen molar-refractivity contribution < 1.29 is 5.21 Å². The fourth-order valence-electron chi connectivity index (χ4n) is 1.35. The topological polar surface area (TPSA) is 61.8 Å². The van der Waals surface area contributed by atoms with Gasteiger partial charge in [0.05, 0.1) is 0 Å². The van der Waals surface area contributed by atoms with Crippen LogP contribution in [0.2, 0.25) is 5.02 Å². The zero-order chi connectivity index (χ0) is 12.3. The molecule has 0 unspecified atom stereocenters. The van der Waals surface area contributed by atoms with E-state index in [-0.39, 0.29) is 5.84 Å². The van der Waals surface area contributed by atoms with Crippen LogP contribution in [0.15, 0.2) is 23.4 Å². The molecule has 0 amide bonds. The second-order valence-electron chi connectivity index (χ2n) is 3.85. The first-order valence-electron chi connectivity index (χ1n) is 4.97. The van der Waals surface area contributed by atoms with Crippen LogP contribution in [0.5, 0.6) is 0 Å². The molecule has 0 aliphatic carbocycles. The first-order valence-corrected chi connectivity index (χ1v) is 5.35. The number of hydrogen-bond donors (Lipinski definition) is 2. The predicted molar refractivity (Wildman–Crippen MR) is 67.5 cm³/mol.